The third kappa shape index (κ3) is 4.03. The molecule has 0 aliphatic heterocycles. The minimum atomic E-state index is -0.369. The first-order valence-electron chi connectivity index (χ1n) is 5.94. The van der Waals surface area contributed by atoms with Crippen LogP contribution in [0.2, 0.25) is 5.02 Å². The Morgan fingerprint density at radius 2 is 1.85 bits per heavy atom. The van der Waals surface area contributed by atoms with Gasteiger partial charge in [-0.25, -0.2) is 0 Å². The van der Waals surface area contributed by atoms with E-state index in [4.69, 9.17) is 11.6 Å². The van der Waals surface area contributed by atoms with Crippen molar-refractivity contribution in [3.8, 4) is 0 Å². The average Bonchev–Trinajstić information content (AvgIpc) is 2.41. The third-order valence-electron chi connectivity index (χ3n) is 2.80. The van der Waals surface area contributed by atoms with Gasteiger partial charge in [-0.05, 0) is 29.8 Å². The minimum absolute atomic E-state index is 0.122. The van der Waals surface area contributed by atoms with Crippen LogP contribution in [0.15, 0.2) is 46.9 Å². The molecule has 0 fully saturated rings. The lowest BCUT2D eigenvalue weighted by atomic mass is 10.1. The van der Waals surface area contributed by atoms with Gasteiger partial charge in [0, 0.05) is 34.2 Å². The molecule has 104 valence electrons. The van der Waals surface area contributed by atoms with Gasteiger partial charge < -0.3 is 5.32 Å². The van der Waals surface area contributed by atoms with Gasteiger partial charge in [0.25, 0.3) is 5.69 Å². The van der Waals surface area contributed by atoms with Crippen LogP contribution < -0.4 is 5.32 Å². The van der Waals surface area contributed by atoms with E-state index in [0.29, 0.717) is 23.7 Å². The van der Waals surface area contributed by atoms with Gasteiger partial charge in [0.2, 0.25) is 0 Å². The van der Waals surface area contributed by atoms with E-state index in [1.54, 1.807) is 12.1 Å². The standard InChI is InChI=1S/C14H12BrClN2O2/c15-12-3-6-14(18(19)20)11(7-12)9-17-8-10-1-4-13(16)5-2-10/h1-7,17H,8-9H2. The Labute approximate surface area is 130 Å². The summed E-state index contributed by atoms with van der Waals surface area (Å²) < 4.78 is 0.825. The quantitative estimate of drug-likeness (QED) is 0.642. The third-order valence-corrected chi connectivity index (χ3v) is 3.54. The van der Waals surface area contributed by atoms with E-state index in [9.17, 15) is 10.1 Å². The number of nitro groups is 1. The maximum atomic E-state index is 11.0. The maximum Gasteiger partial charge on any atom is 0.273 e. The van der Waals surface area contributed by atoms with Crippen LogP contribution in [0.1, 0.15) is 11.1 Å². The summed E-state index contributed by atoms with van der Waals surface area (Å²) in [5, 5.41) is 14.8. The molecule has 0 saturated heterocycles. The highest BCUT2D eigenvalue weighted by atomic mass is 79.9. The first-order valence-corrected chi connectivity index (χ1v) is 7.11. The minimum Gasteiger partial charge on any atom is -0.308 e. The maximum absolute atomic E-state index is 11.0. The van der Waals surface area contributed by atoms with Crippen molar-refractivity contribution in [2.24, 2.45) is 0 Å². The van der Waals surface area contributed by atoms with Gasteiger partial charge in [-0.15, -0.1) is 0 Å². The topological polar surface area (TPSA) is 55.2 Å². The van der Waals surface area contributed by atoms with Crippen molar-refractivity contribution in [2.75, 3.05) is 0 Å². The van der Waals surface area contributed by atoms with Gasteiger partial charge in [0.1, 0.15) is 0 Å². The van der Waals surface area contributed by atoms with E-state index in [2.05, 4.69) is 21.2 Å². The molecule has 1 N–H and O–H groups in total. The number of hydrogen-bond donors (Lipinski definition) is 1. The molecule has 0 saturated carbocycles. The Balaban J connectivity index is 2.02. The van der Waals surface area contributed by atoms with Crippen molar-refractivity contribution in [1.82, 2.24) is 5.32 Å². The van der Waals surface area contributed by atoms with E-state index in [1.165, 1.54) is 6.07 Å². The van der Waals surface area contributed by atoms with Crippen LogP contribution in [-0.2, 0) is 13.1 Å². The fraction of sp³-hybridized carbons (Fsp3) is 0.143. The predicted molar refractivity (Wildman–Crippen MR) is 82.8 cm³/mol. The molecule has 0 aromatic heterocycles. The Bertz CT molecular complexity index is 617. The molecule has 4 nitrogen and oxygen atoms in total. The molecule has 2 rings (SSSR count). The normalized spacial score (nSPS) is 10.5. The molecule has 0 spiro atoms. The number of rotatable bonds is 5. The van der Waals surface area contributed by atoms with Crippen molar-refractivity contribution in [1.29, 1.82) is 0 Å². The fourth-order valence-corrected chi connectivity index (χ4v) is 2.35. The highest BCUT2D eigenvalue weighted by Crippen LogP contribution is 2.23. The van der Waals surface area contributed by atoms with Gasteiger partial charge in [-0.2, -0.15) is 0 Å². The Kier molecular flexibility index (Phi) is 5.11. The number of benzene rings is 2. The van der Waals surface area contributed by atoms with Crippen molar-refractivity contribution in [3.63, 3.8) is 0 Å². The summed E-state index contributed by atoms with van der Waals surface area (Å²) in [6.45, 7) is 1.05. The average molecular weight is 356 g/mol. The molecule has 0 radical (unpaired) electrons. The van der Waals surface area contributed by atoms with Crippen LogP contribution >= 0.6 is 27.5 Å². The molecule has 6 heteroatoms. The number of hydrogen-bond acceptors (Lipinski definition) is 3. The molecule has 0 heterocycles. The first kappa shape index (κ1) is 15.0. The molecule has 2 aromatic carbocycles. The number of nitrogens with zero attached hydrogens (tertiary/aromatic N) is 1. The predicted octanol–water partition coefficient (Wildman–Crippen LogP) is 4.30. The largest absolute Gasteiger partial charge is 0.308 e. The first-order chi connectivity index (χ1) is 9.56. The van der Waals surface area contributed by atoms with Crippen LogP contribution in [0.25, 0.3) is 0 Å². The lowest BCUT2D eigenvalue weighted by Crippen LogP contribution is -2.13. The zero-order valence-electron chi connectivity index (χ0n) is 10.5. The summed E-state index contributed by atoms with van der Waals surface area (Å²) in [6.07, 6.45) is 0. The summed E-state index contributed by atoms with van der Waals surface area (Å²) in [5.74, 6) is 0. The number of nitro benzene ring substituents is 1. The molecule has 0 unspecified atom stereocenters. The van der Waals surface area contributed by atoms with E-state index >= 15 is 0 Å². The molecule has 0 aliphatic carbocycles. The molecule has 0 atom stereocenters. The Morgan fingerprint density at radius 1 is 1.15 bits per heavy atom. The summed E-state index contributed by atoms with van der Waals surface area (Å²) in [6, 6.07) is 12.4. The van der Waals surface area contributed by atoms with Crippen LogP contribution in [0.3, 0.4) is 0 Å². The zero-order chi connectivity index (χ0) is 14.5. The second kappa shape index (κ2) is 6.83. The summed E-state index contributed by atoms with van der Waals surface area (Å²) in [7, 11) is 0. The van der Waals surface area contributed by atoms with E-state index in [0.717, 1.165) is 10.0 Å². The Morgan fingerprint density at radius 3 is 2.50 bits per heavy atom. The summed E-state index contributed by atoms with van der Waals surface area (Å²) in [4.78, 5) is 10.6. The molecular formula is C14H12BrClN2O2. The van der Waals surface area contributed by atoms with E-state index in [1.807, 2.05) is 24.3 Å². The van der Waals surface area contributed by atoms with Crippen LogP contribution in [0.5, 0.6) is 0 Å². The lowest BCUT2D eigenvalue weighted by molar-refractivity contribution is -0.385. The molecule has 0 amide bonds. The fourth-order valence-electron chi connectivity index (χ4n) is 1.82. The zero-order valence-corrected chi connectivity index (χ0v) is 12.8. The van der Waals surface area contributed by atoms with Crippen molar-refractivity contribution < 1.29 is 4.92 Å². The van der Waals surface area contributed by atoms with Crippen molar-refractivity contribution in [2.45, 2.75) is 13.1 Å². The smallest absolute Gasteiger partial charge is 0.273 e. The van der Waals surface area contributed by atoms with E-state index < -0.39 is 0 Å². The molecule has 0 bridgehead atoms. The second-order valence-corrected chi connectivity index (χ2v) is 5.61. The molecule has 2 aromatic rings. The van der Waals surface area contributed by atoms with Crippen molar-refractivity contribution >= 4 is 33.2 Å². The molecular weight excluding hydrogens is 344 g/mol. The van der Waals surface area contributed by atoms with Gasteiger partial charge in [0.15, 0.2) is 0 Å². The Hall–Kier alpha value is -1.43. The monoisotopic (exact) mass is 354 g/mol. The molecule has 0 aliphatic rings. The van der Waals surface area contributed by atoms with Gasteiger partial charge in [0.05, 0.1) is 4.92 Å². The summed E-state index contributed by atoms with van der Waals surface area (Å²) in [5.41, 5.74) is 1.85. The number of nitrogens with one attached hydrogen (secondary N) is 1. The van der Waals surface area contributed by atoms with Gasteiger partial charge >= 0.3 is 0 Å². The van der Waals surface area contributed by atoms with Crippen LogP contribution in [0, 0.1) is 10.1 Å². The second-order valence-electron chi connectivity index (χ2n) is 4.26. The van der Waals surface area contributed by atoms with Crippen LogP contribution in [0.4, 0.5) is 5.69 Å². The highest BCUT2D eigenvalue weighted by molar-refractivity contribution is 9.10. The van der Waals surface area contributed by atoms with Crippen molar-refractivity contribution in [3.05, 3.63) is 73.2 Å². The highest BCUT2D eigenvalue weighted by Gasteiger charge is 2.13. The van der Waals surface area contributed by atoms with Crippen LogP contribution in [-0.4, -0.2) is 4.92 Å². The van der Waals surface area contributed by atoms with Gasteiger partial charge in [-0.1, -0.05) is 39.7 Å². The molecule has 20 heavy (non-hydrogen) atoms. The number of halogens is 2. The lowest BCUT2D eigenvalue weighted by Gasteiger charge is -2.06. The van der Waals surface area contributed by atoms with E-state index in [-0.39, 0.29) is 10.6 Å². The summed E-state index contributed by atoms with van der Waals surface area (Å²) >= 11 is 9.14. The van der Waals surface area contributed by atoms with Gasteiger partial charge in [-0.3, -0.25) is 10.1 Å². The SMILES string of the molecule is O=[N+]([O-])c1ccc(Br)cc1CNCc1ccc(Cl)cc1.